The molecule has 1 saturated carbocycles. The van der Waals surface area contributed by atoms with Gasteiger partial charge in [0.25, 0.3) is 0 Å². The normalized spacial score (nSPS) is 21.1. The molecule has 0 bridgehead atoms. The summed E-state index contributed by atoms with van der Waals surface area (Å²) >= 11 is 3.43. The molecule has 3 rings (SSSR count). The number of rotatable bonds is 4. The number of halogens is 3. The van der Waals surface area contributed by atoms with Crippen molar-refractivity contribution in [3.05, 3.63) is 69.7 Å². The molecule has 2 aromatic rings. The van der Waals surface area contributed by atoms with Gasteiger partial charge in [0.1, 0.15) is 11.6 Å². The molecule has 0 saturated heterocycles. The highest BCUT2D eigenvalue weighted by Crippen LogP contribution is 2.37. The average Bonchev–Trinajstić information content (AvgIpc) is 2.41. The van der Waals surface area contributed by atoms with Gasteiger partial charge in [-0.1, -0.05) is 28.1 Å². The van der Waals surface area contributed by atoms with Gasteiger partial charge in [0, 0.05) is 17.1 Å². The minimum atomic E-state index is -0.221. The Kier molecular flexibility index (Phi) is 4.36. The van der Waals surface area contributed by atoms with Gasteiger partial charge in [-0.3, -0.25) is 0 Å². The monoisotopic (exact) mass is 351 g/mol. The van der Waals surface area contributed by atoms with E-state index in [4.69, 9.17) is 0 Å². The zero-order valence-corrected chi connectivity index (χ0v) is 13.0. The van der Waals surface area contributed by atoms with E-state index in [9.17, 15) is 8.78 Å². The molecule has 1 nitrogen and oxygen atoms in total. The summed E-state index contributed by atoms with van der Waals surface area (Å²) in [6.45, 7) is 0.638. The first-order valence-corrected chi connectivity index (χ1v) is 7.84. The van der Waals surface area contributed by atoms with Crippen LogP contribution in [0.15, 0.2) is 46.9 Å². The van der Waals surface area contributed by atoms with Gasteiger partial charge < -0.3 is 5.32 Å². The number of nitrogens with one attached hydrogen (secondary N) is 1. The van der Waals surface area contributed by atoms with E-state index in [1.165, 1.54) is 12.1 Å². The summed E-state index contributed by atoms with van der Waals surface area (Å²) < 4.78 is 27.3. The maximum atomic E-state index is 13.2. The van der Waals surface area contributed by atoms with Crippen molar-refractivity contribution in [1.29, 1.82) is 0 Å². The molecule has 1 N–H and O–H groups in total. The number of hydrogen-bond acceptors (Lipinski definition) is 1. The van der Waals surface area contributed by atoms with Crippen molar-refractivity contribution < 1.29 is 8.78 Å². The van der Waals surface area contributed by atoms with E-state index >= 15 is 0 Å². The third-order valence-corrected chi connectivity index (χ3v) is 4.82. The van der Waals surface area contributed by atoms with Crippen LogP contribution in [-0.4, -0.2) is 6.04 Å². The Bertz CT molecular complexity index is 638. The second-order valence-corrected chi connectivity index (χ2v) is 6.39. The highest BCUT2D eigenvalue weighted by atomic mass is 79.9. The first-order chi connectivity index (χ1) is 10.1. The molecule has 110 valence electrons. The first-order valence-electron chi connectivity index (χ1n) is 7.04. The molecule has 1 fully saturated rings. The number of hydrogen-bond donors (Lipinski definition) is 1. The van der Waals surface area contributed by atoms with Gasteiger partial charge >= 0.3 is 0 Å². The van der Waals surface area contributed by atoms with Crippen LogP contribution < -0.4 is 5.32 Å². The molecule has 4 heteroatoms. The van der Waals surface area contributed by atoms with Gasteiger partial charge in [0.15, 0.2) is 0 Å². The Balaban J connectivity index is 1.52. The molecular formula is C17H16BrF2N. The SMILES string of the molecule is Fc1cccc(C2CC(NCc3cc(F)ccc3Br)C2)c1. The van der Waals surface area contributed by atoms with E-state index in [0.717, 1.165) is 28.4 Å². The largest absolute Gasteiger partial charge is 0.310 e. The first kappa shape index (κ1) is 14.7. The summed E-state index contributed by atoms with van der Waals surface area (Å²) in [5.74, 6) is 0.0306. The van der Waals surface area contributed by atoms with Crippen molar-refractivity contribution in [2.45, 2.75) is 31.3 Å². The molecule has 1 aliphatic rings. The number of benzene rings is 2. The molecule has 0 aromatic heterocycles. The van der Waals surface area contributed by atoms with Crippen LogP contribution in [0.25, 0.3) is 0 Å². The van der Waals surface area contributed by atoms with Gasteiger partial charge in [-0.15, -0.1) is 0 Å². The molecule has 0 atom stereocenters. The Labute approximate surface area is 131 Å². The standard InChI is InChI=1S/C17H16BrF2N/c18-17-5-4-15(20)7-13(17)10-21-16-8-12(9-16)11-2-1-3-14(19)6-11/h1-7,12,16,21H,8-10H2. The summed E-state index contributed by atoms with van der Waals surface area (Å²) in [6.07, 6.45) is 1.99. The lowest BCUT2D eigenvalue weighted by molar-refractivity contribution is 0.289. The highest BCUT2D eigenvalue weighted by molar-refractivity contribution is 9.10. The van der Waals surface area contributed by atoms with Crippen LogP contribution in [0, 0.1) is 11.6 Å². The van der Waals surface area contributed by atoms with Crippen LogP contribution in [0.5, 0.6) is 0 Å². The lowest BCUT2D eigenvalue weighted by Gasteiger charge is -2.36. The lowest BCUT2D eigenvalue weighted by atomic mass is 9.76. The second-order valence-electron chi connectivity index (χ2n) is 5.54. The average molecular weight is 352 g/mol. The topological polar surface area (TPSA) is 12.0 Å². The van der Waals surface area contributed by atoms with Crippen LogP contribution in [0.4, 0.5) is 8.78 Å². The maximum absolute atomic E-state index is 13.2. The summed E-state index contributed by atoms with van der Waals surface area (Å²) in [6, 6.07) is 11.9. The van der Waals surface area contributed by atoms with Crippen LogP contribution >= 0.6 is 15.9 Å². The van der Waals surface area contributed by atoms with Crippen LogP contribution in [0.1, 0.15) is 29.9 Å². The summed E-state index contributed by atoms with van der Waals surface area (Å²) in [5.41, 5.74) is 1.99. The van der Waals surface area contributed by atoms with Gasteiger partial charge in [-0.25, -0.2) is 8.78 Å². The Morgan fingerprint density at radius 1 is 1.05 bits per heavy atom. The fourth-order valence-electron chi connectivity index (χ4n) is 2.75. The van der Waals surface area contributed by atoms with E-state index in [1.54, 1.807) is 24.3 Å². The molecule has 0 heterocycles. The molecule has 2 aromatic carbocycles. The van der Waals surface area contributed by atoms with Crippen molar-refractivity contribution >= 4 is 15.9 Å². The molecule has 0 spiro atoms. The van der Waals surface area contributed by atoms with Gasteiger partial charge in [-0.2, -0.15) is 0 Å². The Morgan fingerprint density at radius 3 is 2.57 bits per heavy atom. The highest BCUT2D eigenvalue weighted by Gasteiger charge is 2.30. The third kappa shape index (κ3) is 3.50. The molecule has 0 aliphatic heterocycles. The second kappa shape index (κ2) is 6.24. The molecule has 0 radical (unpaired) electrons. The quantitative estimate of drug-likeness (QED) is 0.836. The smallest absolute Gasteiger partial charge is 0.123 e. The predicted molar refractivity (Wildman–Crippen MR) is 83.1 cm³/mol. The van der Waals surface area contributed by atoms with E-state index in [0.29, 0.717) is 18.5 Å². The summed E-state index contributed by atoms with van der Waals surface area (Å²) in [4.78, 5) is 0. The molecule has 21 heavy (non-hydrogen) atoms. The van der Waals surface area contributed by atoms with Crippen molar-refractivity contribution in [2.75, 3.05) is 0 Å². The van der Waals surface area contributed by atoms with Crippen molar-refractivity contribution in [3.8, 4) is 0 Å². The van der Waals surface area contributed by atoms with Crippen LogP contribution in [0.2, 0.25) is 0 Å². The predicted octanol–water partition coefficient (Wildman–Crippen LogP) is 4.76. The molecular weight excluding hydrogens is 336 g/mol. The molecule has 0 unspecified atom stereocenters. The zero-order chi connectivity index (χ0) is 14.8. The third-order valence-electron chi connectivity index (χ3n) is 4.05. The van der Waals surface area contributed by atoms with E-state index in [2.05, 4.69) is 21.2 Å². The maximum Gasteiger partial charge on any atom is 0.123 e. The van der Waals surface area contributed by atoms with Gasteiger partial charge in [0.05, 0.1) is 0 Å². The molecule has 0 amide bonds. The van der Waals surface area contributed by atoms with Crippen molar-refractivity contribution in [2.24, 2.45) is 0 Å². The summed E-state index contributed by atoms with van der Waals surface area (Å²) in [5, 5.41) is 3.43. The fraction of sp³-hybridized carbons (Fsp3) is 0.294. The minimum Gasteiger partial charge on any atom is -0.310 e. The van der Waals surface area contributed by atoms with Gasteiger partial charge in [-0.05, 0) is 60.2 Å². The molecule has 1 aliphatic carbocycles. The Hall–Kier alpha value is -1.26. The van der Waals surface area contributed by atoms with E-state index in [1.807, 2.05) is 6.07 Å². The van der Waals surface area contributed by atoms with Crippen molar-refractivity contribution in [1.82, 2.24) is 5.32 Å². The van der Waals surface area contributed by atoms with E-state index in [-0.39, 0.29) is 11.6 Å². The van der Waals surface area contributed by atoms with E-state index < -0.39 is 0 Å². The van der Waals surface area contributed by atoms with Crippen LogP contribution in [0.3, 0.4) is 0 Å². The fourth-order valence-corrected chi connectivity index (χ4v) is 3.14. The lowest BCUT2D eigenvalue weighted by Crippen LogP contribution is -2.39. The zero-order valence-electron chi connectivity index (χ0n) is 11.5. The van der Waals surface area contributed by atoms with Crippen molar-refractivity contribution in [3.63, 3.8) is 0 Å². The Morgan fingerprint density at radius 2 is 1.81 bits per heavy atom. The van der Waals surface area contributed by atoms with Crippen LogP contribution in [-0.2, 0) is 6.54 Å². The van der Waals surface area contributed by atoms with Gasteiger partial charge in [0.2, 0.25) is 0 Å². The summed E-state index contributed by atoms with van der Waals surface area (Å²) in [7, 11) is 0. The minimum absolute atomic E-state index is 0.174.